The Labute approximate surface area is 109 Å². The van der Waals surface area contributed by atoms with Gasteiger partial charge in [0.25, 0.3) is 0 Å². The fraction of sp³-hybridized carbons (Fsp3) is 0.438. The molecule has 0 saturated carbocycles. The van der Waals surface area contributed by atoms with Crippen LogP contribution in [0.25, 0.3) is 10.9 Å². The third-order valence-corrected chi connectivity index (χ3v) is 3.34. The molecule has 1 atom stereocenters. The quantitative estimate of drug-likeness (QED) is 0.838. The Hall–Kier alpha value is -1.41. The predicted octanol–water partition coefficient (Wildman–Crippen LogP) is 3.56. The molecule has 1 aromatic heterocycles. The van der Waals surface area contributed by atoms with Gasteiger partial charge in [-0.15, -0.1) is 0 Å². The van der Waals surface area contributed by atoms with Gasteiger partial charge in [0.15, 0.2) is 0 Å². The van der Waals surface area contributed by atoms with E-state index in [-0.39, 0.29) is 0 Å². The van der Waals surface area contributed by atoms with Crippen LogP contribution in [0.1, 0.15) is 32.3 Å². The van der Waals surface area contributed by atoms with Crippen molar-refractivity contribution in [1.82, 2.24) is 10.3 Å². The number of nitrogens with zero attached hydrogens (tertiary/aromatic N) is 1. The summed E-state index contributed by atoms with van der Waals surface area (Å²) in [7, 11) is 0. The van der Waals surface area contributed by atoms with Crippen LogP contribution in [0.2, 0.25) is 0 Å². The van der Waals surface area contributed by atoms with Gasteiger partial charge in [-0.3, -0.25) is 4.98 Å². The molecular formula is C16H22N2. The molecule has 2 heteroatoms. The van der Waals surface area contributed by atoms with E-state index in [4.69, 9.17) is 0 Å². The number of likely N-dealkylation sites (N-methyl/N-ethyl adjacent to an activating group) is 1. The zero-order valence-corrected chi connectivity index (χ0v) is 11.3. The number of nitrogens with one attached hydrogen (secondary N) is 1. The summed E-state index contributed by atoms with van der Waals surface area (Å²) in [6.45, 7) is 5.45. The summed E-state index contributed by atoms with van der Waals surface area (Å²) in [5.74, 6) is 0. The minimum Gasteiger partial charge on any atom is -0.314 e. The number of fused-ring (bicyclic) bond motifs is 1. The highest BCUT2D eigenvalue weighted by Crippen LogP contribution is 2.18. The first kappa shape index (κ1) is 13.0. The maximum absolute atomic E-state index is 4.42. The topological polar surface area (TPSA) is 24.9 Å². The van der Waals surface area contributed by atoms with E-state index in [0.717, 1.165) is 18.5 Å². The lowest BCUT2D eigenvalue weighted by Crippen LogP contribution is -2.30. The largest absolute Gasteiger partial charge is 0.314 e. The highest BCUT2D eigenvalue weighted by molar-refractivity contribution is 5.81. The Morgan fingerprint density at radius 3 is 2.78 bits per heavy atom. The van der Waals surface area contributed by atoms with Gasteiger partial charge in [0, 0.05) is 17.6 Å². The Bertz CT molecular complexity index is 482. The van der Waals surface area contributed by atoms with Crippen LogP contribution in [-0.4, -0.2) is 17.6 Å². The predicted molar refractivity (Wildman–Crippen MR) is 77.8 cm³/mol. The van der Waals surface area contributed by atoms with Crippen molar-refractivity contribution >= 4 is 10.9 Å². The third-order valence-electron chi connectivity index (χ3n) is 3.34. The summed E-state index contributed by atoms with van der Waals surface area (Å²) in [4.78, 5) is 4.42. The van der Waals surface area contributed by atoms with Crippen LogP contribution < -0.4 is 5.32 Å². The van der Waals surface area contributed by atoms with Gasteiger partial charge in [-0.25, -0.2) is 0 Å². The molecule has 0 fully saturated rings. The molecule has 0 amide bonds. The average Bonchev–Trinajstić information content (AvgIpc) is 2.40. The Balaban J connectivity index is 2.24. The summed E-state index contributed by atoms with van der Waals surface area (Å²) < 4.78 is 0. The summed E-state index contributed by atoms with van der Waals surface area (Å²) in [6, 6.07) is 11.1. The SMILES string of the molecule is CCCC(Cc1ccnc2ccccc12)NCC. The van der Waals surface area contributed by atoms with Crippen LogP contribution in [0.5, 0.6) is 0 Å². The lowest BCUT2D eigenvalue weighted by Gasteiger charge is -2.18. The molecule has 0 bridgehead atoms. The Morgan fingerprint density at radius 1 is 1.17 bits per heavy atom. The van der Waals surface area contributed by atoms with Gasteiger partial charge in [0.1, 0.15) is 0 Å². The van der Waals surface area contributed by atoms with Crippen molar-refractivity contribution in [3.8, 4) is 0 Å². The Morgan fingerprint density at radius 2 is 2.00 bits per heavy atom. The molecule has 1 aromatic carbocycles. The zero-order chi connectivity index (χ0) is 12.8. The van der Waals surface area contributed by atoms with Crippen LogP contribution in [-0.2, 0) is 6.42 Å². The number of hydrogen-bond acceptors (Lipinski definition) is 2. The van der Waals surface area contributed by atoms with Crippen molar-refractivity contribution in [2.75, 3.05) is 6.54 Å². The molecule has 0 aliphatic heterocycles. The molecule has 18 heavy (non-hydrogen) atoms. The van der Waals surface area contributed by atoms with E-state index in [1.165, 1.54) is 23.8 Å². The lowest BCUT2D eigenvalue weighted by molar-refractivity contribution is 0.487. The highest BCUT2D eigenvalue weighted by atomic mass is 14.9. The van der Waals surface area contributed by atoms with Gasteiger partial charge in [-0.1, -0.05) is 38.5 Å². The summed E-state index contributed by atoms with van der Waals surface area (Å²) in [5, 5.41) is 4.87. The molecule has 2 aromatic rings. The van der Waals surface area contributed by atoms with Crippen molar-refractivity contribution in [1.29, 1.82) is 0 Å². The Kier molecular flexibility index (Phi) is 4.71. The van der Waals surface area contributed by atoms with Crippen molar-refractivity contribution < 1.29 is 0 Å². The van der Waals surface area contributed by atoms with Crippen LogP contribution in [0.3, 0.4) is 0 Å². The molecule has 0 spiro atoms. The van der Waals surface area contributed by atoms with Gasteiger partial charge < -0.3 is 5.32 Å². The maximum atomic E-state index is 4.42. The summed E-state index contributed by atoms with van der Waals surface area (Å²) >= 11 is 0. The van der Waals surface area contributed by atoms with Crippen LogP contribution in [0.4, 0.5) is 0 Å². The molecular weight excluding hydrogens is 220 g/mol. The van der Waals surface area contributed by atoms with Crippen molar-refractivity contribution in [3.05, 3.63) is 42.1 Å². The molecule has 2 rings (SSSR count). The van der Waals surface area contributed by atoms with Crippen molar-refractivity contribution in [3.63, 3.8) is 0 Å². The first-order chi connectivity index (χ1) is 8.85. The van der Waals surface area contributed by atoms with Crippen LogP contribution in [0, 0.1) is 0 Å². The molecule has 0 aliphatic carbocycles. The standard InChI is InChI=1S/C16H22N2/c1-3-7-14(17-4-2)12-13-10-11-18-16-9-6-5-8-15(13)16/h5-6,8-11,14,17H,3-4,7,12H2,1-2H3. The second-order valence-electron chi connectivity index (χ2n) is 4.73. The van der Waals surface area contributed by atoms with E-state index in [1.54, 1.807) is 0 Å². The maximum Gasteiger partial charge on any atom is 0.0704 e. The van der Waals surface area contributed by atoms with Gasteiger partial charge >= 0.3 is 0 Å². The number of pyridine rings is 1. The van der Waals surface area contributed by atoms with Crippen LogP contribution >= 0.6 is 0 Å². The smallest absolute Gasteiger partial charge is 0.0704 e. The van der Waals surface area contributed by atoms with E-state index in [2.05, 4.69) is 48.4 Å². The second-order valence-corrected chi connectivity index (χ2v) is 4.73. The fourth-order valence-electron chi connectivity index (χ4n) is 2.51. The molecule has 1 unspecified atom stereocenters. The highest BCUT2D eigenvalue weighted by Gasteiger charge is 2.09. The third kappa shape index (κ3) is 3.08. The molecule has 1 heterocycles. The number of para-hydroxylation sites is 1. The minimum absolute atomic E-state index is 0.575. The van der Waals surface area contributed by atoms with E-state index < -0.39 is 0 Å². The van der Waals surface area contributed by atoms with E-state index in [9.17, 15) is 0 Å². The monoisotopic (exact) mass is 242 g/mol. The number of rotatable bonds is 6. The van der Waals surface area contributed by atoms with Crippen LogP contribution in [0.15, 0.2) is 36.5 Å². The molecule has 0 aliphatic rings. The first-order valence-corrected chi connectivity index (χ1v) is 6.91. The van der Waals surface area contributed by atoms with Crippen molar-refractivity contribution in [2.45, 2.75) is 39.2 Å². The van der Waals surface area contributed by atoms with Gasteiger partial charge in [0.05, 0.1) is 5.52 Å². The van der Waals surface area contributed by atoms with E-state index in [0.29, 0.717) is 6.04 Å². The molecule has 96 valence electrons. The second kappa shape index (κ2) is 6.50. The normalized spacial score (nSPS) is 12.8. The zero-order valence-electron chi connectivity index (χ0n) is 11.3. The molecule has 0 saturated heterocycles. The molecule has 2 nitrogen and oxygen atoms in total. The fourth-order valence-corrected chi connectivity index (χ4v) is 2.51. The number of hydrogen-bond donors (Lipinski definition) is 1. The summed E-state index contributed by atoms with van der Waals surface area (Å²) in [6.07, 6.45) is 5.46. The van der Waals surface area contributed by atoms with Gasteiger partial charge in [0.2, 0.25) is 0 Å². The van der Waals surface area contributed by atoms with E-state index in [1.807, 2.05) is 12.3 Å². The number of benzene rings is 1. The number of aromatic nitrogens is 1. The summed E-state index contributed by atoms with van der Waals surface area (Å²) in [5.41, 5.74) is 2.50. The molecule has 0 radical (unpaired) electrons. The van der Waals surface area contributed by atoms with Gasteiger partial charge in [-0.05, 0) is 37.1 Å². The van der Waals surface area contributed by atoms with E-state index >= 15 is 0 Å². The first-order valence-electron chi connectivity index (χ1n) is 6.91. The average molecular weight is 242 g/mol. The lowest BCUT2D eigenvalue weighted by atomic mass is 9.99. The molecule has 1 N–H and O–H groups in total. The van der Waals surface area contributed by atoms with Crippen molar-refractivity contribution in [2.24, 2.45) is 0 Å². The minimum atomic E-state index is 0.575. The van der Waals surface area contributed by atoms with Gasteiger partial charge in [-0.2, -0.15) is 0 Å².